The van der Waals surface area contributed by atoms with Crippen LogP contribution in [-0.4, -0.2) is 18.1 Å². The number of benzene rings is 1. The molecule has 1 aromatic carbocycles. The van der Waals surface area contributed by atoms with Gasteiger partial charge in [0.25, 0.3) is 0 Å². The van der Waals surface area contributed by atoms with Crippen LogP contribution in [0.25, 0.3) is 10.9 Å². The van der Waals surface area contributed by atoms with Crippen LogP contribution in [0.1, 0.15) is 5.56 Å². The van der Waals surface area contributed by atoms with E-state index in [1.165, 1.54) is 13.2 Å². The molecule has 2 rings (SSSR count). The molecule has 0 saturated heterocycles. The summed E-state index contributed by atoms with van der Waals surface area (Å²) in [6.07, 6.45) is 0.0958. The number of hydrogen-bond acceptors (Lipinski definition) is 3. The Labute approximate surface area is 106 Å². The molecule has 0 saturated carbocycles. The Bertz CT molecular complexity index is 633. The van der Waals surface area contributed by atoms with Crippen LogP contribution in [0.5, 0.6) is 0 Å². The second-order valence-electron chi connectivity index (χ2n) is 3.60. The van der Waals surface area contributed by atoms with E-state index in [4.69, 9.17) is 0 Å². The molecular weight excluding hydrogens is 286 g/mol. The zero-order valence-electron chi connectivity index (χ0n) is 9.12. The molecule has 0 fully saturated rings. The molecule has 0 aliphatic heterocycles. The van der Waals surface area contributed by atoms with E-state index in [1.54, 1.807) is 6.07 Å². The summed E-state index contributed by atoms with van der Waals surface area (Å²) in [6, 6.07) is 6.94. The molecule has 0 atom stereocenters. The molecule has 17 heavy (non-hydrogen) atoms. The minimum Gasteiger partial charge on any atom is -0.469 e. The van der Waals surface area contributed by atoms with E-state index in [0.717, 1.165) is 9.86 Å². The van der Waals surface area contributed by atoms with E-state index >= 15 is 0 Å². The average Bonchev–Trinajstić information content (AvgIpc) is 2.27. The van der Waals surface area contributed by atoms with Gasteiger partial charge in [0, 0.05) is 21.4 Å². The van der Waals surface area contributed by atoms with Crippen molar-refractivity contribution in [2.24, 2.45) is 0 Å². The van der Waals surface area contributed by atoms with Gasteiger partial charge in [-0.25, -0.2) is 0 Å². The van der Waals surface area contributed by atoms with Crippen molar-refractivity contribution in [3.63, 3.8) is 0 Å². The van der Waals surface area contributed by atoms with E-state index in [1.807, 2.05) is 12.1 Å². The number of aromatic amines is 1. The number of rotatable bonds is 2. The van der Waals surface area contributed by atoms with Crippen molar-refractivity contribution < 1.29 is 9.53 Å². The summed E-state index contributed by atoms with van der Waals surface area (Å²) in [5, 5.41) is 0.846. The zero-order valence-corrected chi connectivity index (χ0v) is 10.7. The highest BCUT2D eigenvalue weighted by molar-refractivity contribution is 9.10. The summed E-state index contributed by atoms with van der Waals surface area (Å²) in [6.45, 7) is 0. The molecule has 0 amide bonds. The number of halogens is 1. The van der Waals surface area contributed by atoms with E-state index in [9.17, 15) is 9.59 Å². The number of hydrogen-bond donors (Lipinski definition) is 1. The summed E-state index contributed by atoms with van der Waals surface area (Å²) >= 11 is 3.33. The van der Waals surface area contributed by atoms with Crippen molar-refractivity contribution in [1.82, 2.24) is 4.98 Å². The smallest absolute Gasteiger partial charge is 0.310 e. The Hall–Kier alpha value is -1.62. The molecule has 88 valence electrons. The standard InChI is InChI=1S/C12H10BrNO3/c1-17-12(16)5-7-4-11(15)14-10-6-8(13)2-3-9(7)10/h2-4,6H,5H2,1H3,(H,14,15). The van der Waals surface area contributed by atoms with E-state index in [-0.39, 0.29) is 17.9 Å². The van der Waals surface area contributed by atoms with Crippen molar-refractivity contribution in [2.75, 3.05) is 7.11 Å². The normalized spacial score (nSPS) is 10.5. The van der Waals surface area contributed by atoms with Crippen LogP contribution in [0.15, 0.2) is 33.5 Å². The van der Waals surface area contributed by atoms with Crippen LogP contribution in [0.3, 0.4) is 0 Å². The fourth-order valence-electron chi connectivity index (χ4n) is 1.68. The lowest BCUT2D eigenvalue weighted by molar-refractivity contribution is -0.139. The number of nitrogens with one attached hydrogen (secondary N) is 1. The fraction of sp³-hybridized carbons (Fsp3) is 0.167. The quantitative estimate of drug-likeness (QED) is 0.862. The van der Waals surface area contributed by atoms with Gasteiger partial charge in [-0.2, -0.15) is 0 Å². The first-order valence-corrected chi connectivity index (χ1v) is 5.78. The maximum Gasteiger partial charge on any atom is 0.310 e. The molecule has 2 aromatic rings. The number of esters is 1. The Morgan fingerprint density at radius 1 is 1.41 bits per heavy atom. The Morgan fingerprint density at radius 3 is 2.88 bits per heavy atom. The van der Waals surface area contributed by atoms with Crippen LogP contribution >= 0.6 is 15.9 Å². The van der Waals surface area contributed by atoms with E-state index in [0.29, 0.717) is 11.1 Å². The van der Waals surface area contributed by atoms with Gasteiger partial charge in [-0.15, -0.1) is 0 Å². The van der Waals surface area contributed by atoms with Crippen molar-refractivity contribution in [3.05, 3.63) is 44.7 Å². The van der Waals surface area contributed by atoms with E-state index in [2.05, 4.69) is 25.7 Å². The van der Waals surface area contributed by atoms with Gasteiger partial charge in [-0.05, 0) is 17.7 Å². The Balaban J connectivity index is 2.61. The van der Waals surface area contributed by atoms with Crippen molar-refractivity contribution in [3.8, 4) is 0 Å². The fourth-order valence-corrected chi connectivity index (χ4v) is 2.04. The van der Waals surface area contributed by atoms with Crippen LogP contribution < -0.4 is 5.56 Å². The Kier molecular flexibility index (Phi) is 3.28. The third-order valence-corrected chi connectivity index (χ3v) is 2.95. The molecule has 0 radical (unpaired) electrons. The number of fused-ring (bicyclic) bond motifs is 1. The second-order valence-corrected chi connectivity index (χ2v) is 4.52. The van der Waals surface area contributed by atoms with Crippen molar-refractivity contribution in [1.29, 1.82) is 0 Å². The van der Waals surface area contributed by atoms with Crippen molar-refractivity contribution in [2.45, 2.75) is 6.42 Å². The molecule has 0 aliphatic carbocycles. The van der Waals surface area contributed by atoms with Gasteiger partial charge in [-0.1, -0.05) is 22.0 Å². The first kappa shape index (κ1) is 11.9. The lowest BCUT2D eigenvalue weighted by atomic mass is 10.1. The number of ether oxygens (including phenoxy) is 1. The highest BCUT2D eigenvalue weighted by Gasteiger charge is 2.08. The largest absolute Gasteiger partial charge is 0.469 e. The van der Waals surface area contributed by atoms with Gasteiger partial charge in [0.2, 0.25) is 5.56 Å². The van der Waals surface area contributed by atoms with Crippen LogP contribution in [0, 0.1) is 0 Å². The van der Waals surface area contributed by atoms with Gasteiger partial charge in [0.1, 0.15) is 0 Å². The molecule has 4 nitrogen and oxygen atoms in total. The Morgan fingerprint density at radius 2 is 2.18 bits per heavy atom. The van der Waals surface area contributed by atoms with Gasteiger partial charge in [-0.3, -0.25) is 9.59 Å². The summed E-state index contributed by atoms with van der Waals surface area (Å²) < 4.78 is 5.48. The highest BCUT2D eigenvalue weighted by Crippen LogP contribution is 2.20. The molecular formula is C12H10BrNO3. The lowest BCUT2D eigenvalue weighted by Crippen LogP contribution is -2.11. The van der Waals surface area contributed by atoms with Gasteiger partial charge in [0.15, 0.2) is 0 Å². The first-order valence-electron chi connectivity index (χ1n) is 4.98. The maximum absolute atomic E-state index is 11.5. The molecule has 0 spiro atoms. The van der Waals surface area contributed by atoms with E-state index < -0.39 is 0 Å². The maximum atomic E-state index is 11.5. The van der Waals surface area contributed by atoms with Crippen LogP contribution in [0.4, 0.5) is 0 Å². The van der Waals surface area contributed by atoms with Gasteiger partial charge < -0.3 is 9.72 Å². The average molecular weight is 296 g/mol. The minimum absolute atomic E-state index is 0.0958. The summed E-state index contributed by atoms with van der Waals surface area (Å²) in [5.41, 5.74) is 1.14. The first-order chi connectivity index (χ1) is 8.10. The number of carbonyl (C=O) groups excluding carboxylic acids is 1. The van der Waals surface area contributed by atoms with Crippen LogP contribution in [0.2, 0.25) is 0 Å². The second kappa shape index (κ2) is 4.71. The molecule has 0 aliphatic rings. The molecule has 0 bridgehead atoms. The third-order valence-electron chi connectivity index (χ3n) is 2.45. The third kappa shape index (κ3) is 2.55. The SMILES string of the molecule is COC(=O)Cc1cc(=O)[nH]c2cc(Br)ccc12. The monoisotopic (exact) mass is 295 g/mol. The van der Waals surface area contributed by atoms with Crippen LogP contribution in [-0.2, 0) is 16.0 Å². The van der Waals surface area contributed by atoms with Gasteiger partial charge >= 0.3 is 5.97 Å². The number of aromatic nitrogens is 1. The summed E-state index contributed by atoms with van der Waals surface area (Å²) in [4.78, 5) is 25.4. The predicted molar refractivity (Wildman–Crippen MR) is 68.0 cm³/mol. The number of H-pyrrole nitrogens is 1. The number of pyridine rings is 1. The molecule has 1 aromatic heterocycles. The van der Waals surface area contributed by atoms with Gasteiger partial charge in [0.05, 0.1) is 13.5 Å². The predicted octanol–water partition coefficient (Wildman–Crippen LogP) is 2.01. The molecule has 1 heterocycles. The summed E-state index contributed by atoms with van der Waals surface area (Å²) in [7, 11) is 1.33. The number of carbonyl (C=O) groups is 1. The minimum atomic E-state index is -0.361. The molecule has 1 N–H and O–H groups in total. The topological polar surface area (TPSA) is 59.2 Å². The highest BCUT2D eigenvalue weighted by atomic mass is 79.9. The molecule has 0 unspecified atom stereocenters. The number of methoxy groups -OCH3 is 1. The lowest BCUT2D eigenvalue weighted by Gasteiger charge is -2.05. The summed E-state index contributed by atoms with van der Waals surface area (Å²) in [5.74, 6) is -0.361. The van der Waals surface area contributed by atoms with Crippen molar-refractivity contribution >= 4 is 32.8 Å². The molecule has 5 heteroatoms. The zero-order chi connectivity index (χ0) is 12.4.